The molecule has 2 atom stereocenters. The third-order valence-corrected chi connectivity index (χ3v) is 12.0. The Morgan fingerprint density at radius 2 is 1.05 bits per heavy atom. The molecule has 0 aliphatic carbocycles. The number of carbonyl (C=O) groups excluding carboxylic acids is 4. The first-order valence-electron chi connectivity index (χ1n) is 23.2. The van der Waals surface area contributed by atoms with Crippen LogP contribution in [0.4, 0.5) is 11.4 Å². The van der Waals surface area contributed by atoms with Crippen LogP contribution in [0.15, 0.2) is 134 Å². The number of likely N-dealkylation sites (N-methyl/N-ethyl adjacent to an activating group) is 3. The van der Waals surface area contributed by atoms with E-state index in [4.69, 9.17) is 18.9 Å². The predicted octanol–water partition coefficient (Wildman–Crippen LogP) is 3.77. The van der Waals surface area contributed by atoms with Crippen LogP contribution in [-0.4, -0.2) is 133 Å². The number of anilines is 2. The molecule has 6 heterocycles. The maximum Gasteiger partial charge on any atom is 0.270 e. The van der Waals surface area contributed by atoms with Crippen molar-refractivity contribution in [2.75, 3.05) is 70.3 Å². The number of β-amino-alcohol motifs (C(OH)–C–C–N with tert-alkyl or cyclic N) is 2. The number of hydrogen-bond donors (Lipinski definition) is 5. The molecule has 0 spiro atoms. The number of aromatic nitrogens is 2. The number of pyridine rings is 2. The van der Waals surface area contributed by atoms with E-state index in [-0.39, 0.29) is 36.4 Å². The number of nitrogens with one attached hydrogen (secondary N) is 3. The van der Waals surface area contributed by atoms with Crippen LogP contribution in [-0.2, 0) is 9.59 Å². The van der Waals surface area contributed by atoms with Crippen molar-refractivity contribution in [1.29, 1.82) is 0 Å². The van der Waals surface area contributed by atoms with Crippen LogP contribution in [0.25, 0.3) is 0 Å². The van der Waals surface area contributed by atoms with E-state index >= 15 is 0 Å². The summed E-state index contributed by atoms with van der Waals surface area (Å²) in [7, 11) is 5.15. The molecule has 4 aliphatic rings. The minimum absolute atomic E-state index is 0.0424. The van der Waals surface area contributed by atoms with Gasteiger partial charge in [-0.3, -0.25) is 34.0 Å². The van der Waals surface area contributed by atoms with E-state index in [9.17, 15) is 29.4 Å². The zero-order chi connectivity index (χ0) is 51.1. The van der Waals surface area contributed by atoms with Crippen molar-refractivity contribution in [3.05, 3.63) is 156 Å². The molecule has 2 fully saturated rings. The highest BCUT2D eigenvalue weighted by Crippen LogP contribution is 2.33. The lowest BCUT2D eigenvalue weighted by molar-refractivity contribution is -0.121. The monoisotopic (exact) mass is 982 g/mol. The summed E-state index contributed by atoms with van der Waals surface area (Å²) in [4.78, 5) is 65.3. The van der Waals surface area contributed by atoms with Crippen LogP contribution in [0.5, 0.6) is 34.5 Å². The van der Waals surface area contributed by atoms with Crippen LogP contribution < -0.4 is 44.7 Å². The lowest BCUT2D eigenvalue weighted by Crippen LogP contribution is -2.59. The van der Waals surface area contributed by atoms with E-state index in [0.717, 1.165) is 0 Å². The third kappa shape index (κ3) is 11.9. The zero-order valence-electron chi connectivity index (χ0n) is 40.0. The van der Waals surface area contributed by atoms with Crippen LogP contribution in [0.2, 0.25) is 0 Å². The number of nitrogens with zero attached hydrogens (tertiary/aromatic N) is 5. The summed E-state index contributed by atoms with van der Waals surface area (Å²) in [5, 5.41) is 29.0. The van der Waals surface area contributed by atoms with Crippen molar-refractivity contribution in [3.8, 4) is 58.2 Å². The molecule has 0 radical (unpaired) electrons. The average molecular weight is 983 g/mol. The minimum atomic E-state index is -1.03. The summed E-state index contributed by atoms with van der Waals surface area (Å²) in [6.07, 6.45) is 2.95. The van der Waals surface area contributed by atoms with Crippen LogP contribution in [0.3, 0.4) is 0 Å². The molecule has 0 saturated carbocycles. The Hall–Kier alpha value is -8.78. The lowest BCUT2D eigenvalue weighted by atomic mass is 9.95. The van der Waals surface area contributed by atoms with E-state index < -0.39 is 35.1 Å². The van der Waals surface area contributed by atoms with Crippen molar-refractivity contribution in [2.45, 2.75) is 23.3 Å². The van der Waals surface area contributed by atoms with Crippen molar-refractivity contribution in [2.24, 2.45) is 0 Å². The Morgan fingerprint density at radius 3 is 1.47 bits per heavy atom. The van der Waals surface area contributed by atoms with Gasteiger partial charge in [0.25, 0.3) is 23.6 Å². The van der Waals surface area contributed by atoms with E-state index in [1.807, 2.05) is 48.3 Å². The largest absolute Gasteiger partial charge is 0.489 e. The van der Waals surface area contributed by atoms with Gasteiger partial charge in [-0.1, -0.05) is 60.1 Å². The van der Waals surface area contributed by atoms with Crippen LogP contribution >= 0.6 is 0 Å². The molecule has 18 nitrogen and oxygen atoms in total. The molecule has 6 aromatic rings. The number of carbonyl (C=O) groups is 4. The molecular weight excluding hydrogens is 933 g/mol. The van der Waals surface area contributed by atoms with E-state index in [0.29, 0.717) is 83.2 Å². The molecule has 4 amide bonds. The summed E-state index contributed by atoms with van der Waals surface area (Å²) in [6, 6.07) is 33.3. The van der Waals surface area contributed by atoms with Gasteiger partial charge in [0.2, 0.25) is 0 Å². The first kappa shape index (κ1) is 49.2. The van der Waals surface area contributed by atoms with Gasteiger partial charge in [0.05, 0.1) is 11.4 Å². The molecule has 370 valence electrons. The van der Waals surface area contributed by atoms with Crippen molar-refractivity contribution in [3.63, 3.8) is 0 Å². The summed E-state index contributed by atoms with van der Waals surface area (Å²) >= 11 is 0. The minimum Gasteiger partial charge on any atom is -0.489 e. The highest BCUT2D eigenvalue weighted by atomic mass is 16.5. The molecule has 5 N–H and O–H groups in total. The summed E-state index contributed by atoms with van der Waals surface area (Å²) in [5.41, 5.74) is 0.515. The Bertz CT molecular complexity index is 3180. The maximum atomic E-state index is 13.2. The molecule has 2 unspecified atom stereocenters. The van der Waals surface area contributed by atoms with Gasteiger partial charge in [-0.2, -0.15) is 0 Å². The van der Waals surface area contributed by atoms with E-state index in [2.05, 4.69) is 49.6 Å². The van der Waals surface area contributed by atoms with E-state index in [1.54, 1.807) is 86.9 Å². The molecular formula is C55H50N8O10. The fraction of sp³-hybridized carbons (Fsp3) is 0.236. The molecule has 4 aromatic carbocycles. The van der Waals surface area contributed by atoms with Gasteiger partial charge in [0, 0.05) is 75.9 Å². The molecule has 2 saturated heterocycles. The smallest absolute Gasteiger partial charge is 0.270 e. The Kier molecular flexibility index (Phi) is 14.4. The van der Waals surface area contributed by atoms with Crippen LogP contribution in [0.1, 0.15) is 32.1 Å². The highest BCUT2D eigenvalue weighted by Gasteiger charge is 2.38. The summed E-state index contributed by atoms with van der Waals surface area (Å²) in [5.74, 6) is 13.1. The van der Waals surface area contributed by atoms with Crippen molar-refractivity contribution >= 4 is 35.0 Å². The molecule has 10 rings (SSSR count). The molecule has 0 bridgehead atoms. The number of para-hydroxylation sites is 2. The predicted molar refractivity (Wildman–Crippen MR) is 269 cm³/mol. The first-order valence-corrected chi connectivity index (χ1v) is 23.2. The number of benzene rings is 4. The standard InChI is InChI=1S/C28H26N4O5.C27H24N4O5/c1-31-17-28(35,18-31)12-10-19-8-9-25-24(14-19)32(2)27(34)23(16-36-25)30-26(33)22-15-21(11-13-29-22)37-20-6-4-3-5-7-20;1-31-23-13-18(9-11-27(34)16-28-17-27)7-8-24(23)35-15-22(26(31)33)30-25(32)21-14-20(10-12-29-21)36-19-5-3-2-4-6-19/h3-9,11,13-15,23,35H,16-18H2,1-2H3,(H,30,33);2-8,10,12-14,22,28,34H,15-17H2,1H3,(H,30,32). The van der Waals surface area contributed by atoms with Gasteiger partial charge >= 0.3 is 0 Å². The lowest BCUT2D eigenvalue weighted by Gasteiger charge is -2.40. The van der Waals surface area contributed by atoms with Gasteiger partial charge < -0.3 is 54.9 Å². The van der Waals surface area contributed by atoms with Gasteiger partial charge in [-0.15, -0.1) is 0 Å². The molecule has 2 aromatic heterocycles. The number of ether oxygens (including phenoxy) is 4. The fourth-order valence-corrected chi connectivity index (χ4v) is 8.02. The quantitative estimate of drug-likeness (QED) is 0.137. The average Bonchev–Trinajstić information content (AvgIpc) is 3.57. The van der Waals surface area contributed by atoms with Crippen LogP contribution in [0, 0.1) is 23.7 Å². The number of rotatable bonds is 8. The number of aliphatic hydroxyl groups is 2. The summed E-state index contributed by atoms with van der Waals surface area (Å²) in [6.45, 7) is 1.74. The molecule has 18 heteroatoms. The van der Waals surface area contributed by atoms with Gasteiger partial charge in [-0.25, -0.2) is 0 Å². The Balaban J connectivity index is 0.000000180. The fourth-order valence-electron chi connectivity index (χ4n) is 8.02. The Morgan fingerprint density at radius 1 is 0.616 bits per heavy atom. The van der Waals surface area contributed by atoms with Crippen molar-refractivity contribution in [1.82, 2.24) is 30.8 Å². The summed E-state index contributed by atoms with van der Waals surface area (Å²) < 4.78 is 23.3. The topological polar surface area (TPSA) is 217 Å². The number of hydrogen-bond acceptors (Lipinski definition) is 14. The molecule has 4 aliphatic heterocycles. The SMILES string of the molecule is CN1C(=O)C(NC(=O)c2cc(Oc3ccccc3)ccn2)COc2ccc(C#CC3(O)CNC3)cc21.CN1CC(O)(C#Cc2ccc3c(c2)N(C)C(=O)C(NC(=O)c2cc(Oc4ccccc4)ccn2)CO3)C1. The maximum absolute atomic E-state index is 13.2. The number of amides is 4. The normalized spacial score (nSPS) is 18.1. The van der Waals surface area contributed by atoms with Crippen molar-refractivity contribution < 1.29 is 48.3 Å². The Labute approximate surface area is 420 Å². The highest BCUT2D eigenvalue weighted by molar-refractivity contribution is 6.04. The second kappa shape index (κ2) is 21.3. The molecule has 73 heavy (non-hydrogen) atoms. The number of likely N-dealkylation sites (tertiary alicyclic amines) is 1. The van der Waals surface area contributed by atoms with Gasteiger partial charge in [0.15, 0.2) is 5.60 Å². The number of fused-ring (bicyclic) bond motifs is 2. The first-order chi connectivity index (χ1) is 35.2. The van der Waals surface area contributed by atoms with Gasteiger partial charge in [-0.05, 0) is 79.8 Å². The second-order valence-electron chi connectivity index (χ2n) is 17.8. The third-order valence-electron chi connectivity index (χ3n) is 12.0. The van der Waals surface area contributed by atoms with E-state index in [1.165, 1.54) is 34.3 Å². The zero-order valence-corrected chi connectivity index (χ0v) is 40.0. The van der Waals surface area contributed by atoms with Gasteiger partial charge in [0.1, 0.15) is 76.8 Å². The second-order valence-corrected chi connectivity index (χ2v) is 17.8.